The summed E-state index contributed by atoms with van der Waals surface area (Å²) in [6, 6.07) is 11.9. The molecule has 0 radical (unpaired) electrons. The number of amides is 1. The van der Waals surface area contributed by atoms with Crippen LogP contribution in [0.4, 0.5) is 0 Å². The van der Waals surface area contributed by atoms with E-state index in [1.165, 1.54) is 5.56 Å². The van der Waals surface area contributed by atoms with Crippen LogP contribution in [0, 0.1) is 6.92 Å². The molecule has 0 saturated heterocycles. The number of methoxy groups -OCH3 is 2. The normalized spacial score (nSPS) is 13.1. The molecule has 7 heteroatoms. The maximum Gasteiger partial charge on any atom is 0.254 e. The minimum atomic E-state index is 0.0713. The first-order valence-electron chi connectivity index (χ1n) is 9.75. The Bertz CT molecular complexity index is 1060. The highest BCUT2D eigenvalue weighted by Crippen LogP contribution is 2.34. The first-order valence-corrected chi connectivity index (χ1v) is 11.6. The molecule has 30 heavy (non-hydrogen) atoms. The van der Waals surface area contributed by atoms with Gasteiger partial charge >= 0.3 is 0 Å². The van der Waals surface area contributed by atoms with Crippen LogP contribution in [0.5, 0.6) is 11.5 Å². The van der Waals surface area contributed by atoms with Gasteiger partial charge in [0.05, 0.1) is 14.2 Å². The summed E-state index contributed by atoms with van der Waals surface area (Å²) in [5, 5.41) is 2.05. The molecule has 0 spiro atoms. The summed E-state index contributed by atoms with van der Waals surface area (Å²) in [6.45, 7) is 3.26. The van der Waals surface area contributed by atoms with Gasteiger partial charge in [-0.1, -0.05) is 30.0 Å². The Morgan fingerprint density at radius 3 is 2.60 bits per heavy atom. The van der Waals surface area contributed by atoms with Crippen LogP contribution in [0.25, 0.3) is 0 Å². The zero-order valence-electron chi connectivity index (χ0n) is 17.3. The summed E-state index contributed by atoms with van der Waals surface area (Å²) < 4.78 is 11.9. The lowest BCUT2D eigenvalue weighted by Gasteiger charge is -2.30. The minimum absolute atomic E-state index is 0.0713. The first-order chi connectivity index (χ1) is 14.6. The zero-order valence-corrected chi connectivity index (χ0v) is 18.9. The second-order valence-electron chi connectivity index (χ2n) is 7.15. The molecular formula is C23H24N2O3S2. The third-order valence-electron chi connectivity index (χ3n) is 5.20. The Morgan fingerprint density at radius 2 is 1.90 bits per heavy atom. The second kappa shape index (κ2) is 9.10. The van der Waals surface area contributed by atoms with Crippen LogP contribution in [0.2, 0.25) is 0 Å². The number of carbonyl (C=O) groups excluding carboxylic acids is 1. The summed E-state index contributed by atoms with van der Waals surface area (Å²) in [4.78, 5) is 19.8. The van der Waals surface area contributed by atoms with Crippen LogP contribution in [-0.4, -0.2) is 36.6 Å². The molecule has 0 aliphatic carbocycles. The number of hydrogen-bond acceptors (Lipinski definition) is 6. The van der Waals surface area contributed by atoms with Gasteiger partial charge in [0.1, 0.15) is 4.34 Å². The Hall–Kier alpha value is -2.51. The maximum atomic E-state index is 13.4. The van der Waals surface area contributed by atoms with Crippen molar-refractivity contribution in [3.8, 4) is 11.5 Å². The molecule has 1 amide bonds. The van der Waals surface area contributed by atoms with Gasteiger partial charge in [0.15, 0.2) is 11.5 Å². The van der Waals surface area contributed by atoms with Gasteiger partial charge in [-0.15, -0.1) is 11.3 Å². The molecule has 4 rings (SSSR count). The number of carbonyl (C=O) groups is 1. The first kappa shape index (κ1) is 20.8. The number of fused-ring (bicyclic) bond motifs is 1. The van der Waals surface area contributed by atoms with Crippen molar-refractivity contribution in [1.82, 2.24) is 9.88 Å². The summed E-state index contributed by atoms with van der Waals surface area (Å²) in [6.07, 6.45) is 0.802. The fourth-order valence-electron chi connectivity index (χ4n) is 3.62. The molecule has 1 aliphatic heterocycles. The number of aromatic nitrogens is 1. The fourth-order valence-corrected chi connectivity index (χ4v) is 5.47. The number of rotatable bonds is 6. The fraction of sp³-hybridized carbons (Fsp3) is 0.304. The monoisotopic (exact) mass is 440 g/mol. The van der Waals surface area contributed by atoms with E-state index in [0.29, 0.717) is 18.8 Å². The van der Waals surface area contributed by atoms with Gasteiger partial charge in [-0.3, -0.25) is 4.79 Å². The number of nitrogens with zero attached hydrogens (tertiary/aromatic N) is 2. The number of aryl methyl sites for hydroxylation is 1. The van der Waals surface area contributed by atoms with Gasteiger partial charge in [0, 0.05) is 35.5 Å². The van der Waals surface area contributed by atoms with Crippen LogP contribution in [-0.2, 0) is 18.7 Å². The molecule has 0 atom stereocenters. The molecule has 5 nitrogen and oxygen atoms in total. The van der Waals surface area contributed by atoms with Crippen molar-refractivity contribution in [3.63, 3.8) is 0 Å². The molecule has 2 heterocycles. The summed E-state index contributed by atoms with van der Waals surface area (Å²) >= 11 is 3.32. The van der Waals surface area contributed by atoms with Crippen molar-refractivity contribution in [2.45, 2.75) is 30.0 Å². The highest BCUT2D eigenvalue weighted by Gasteiger charge is 2.25. The summed E-state index contributed by atoms with van der Waals surface area (Å²) in [5.41, 5.74) is 5.16. The number of ether oxygens (including phenoxy) is 2. The zero-order chi connectivity index (χ0) is 21.1. The Kier molecular flexibility index (Phi) is 6.29. The lowest BCUT2D eigenvalue weighted by Crippen LogP contribution is -2.36. The molecule has 0 saturated carbocycles. The van der Waals surface area contributed by atoms with Crippen molar-refractivity contribution in [1.29, 1.82) is 0 Å². The largest absolute Gasteiger partial charge is 0.493 e. The number of hydrogen-bond donors (Lipinski definition) is 0. The van der Waals surface area contributed by atoms with E-state index in [9.17, 15) is 4.79 Å². The predicted octanol–water partition coefficient (Wildman–Crippen LogP) is 4.96. The average molecular weight is 441 g/mol. The molecule has 3 aromatic rings. The highest BCUT2D eigenvalue weighted by molar-refractivity contribution is 8.00. The van der Waals surface area contributed by atoms with Gasteiger partial charge in [0.2, 0.25) is 0 Å². The van der Waals surface area contributed by atoms with Gasteiger partial charge in [-0.2, -0.15) is 0 Å². The molecule has 0 unspecified atom stereocenters. The molecule has 0 fully saturated rings. The molecule has 0 N–H and O–H groups in total. The SMILES string of the molecule is COc1cc2c(cc1OC)CN(C(=O)c1ccccc1CSc1nc(C)cs1)CC2. The highest BCUT2D eigenvalue weighted by atomic mass is 32.2. The van der Waals surface area contributed by atoms with Crippen molar-refractivity contribution < 1.29 is 14.3 Å². The average Bonchev–Trinajstić information content (AvgIpc) is 3.21. The molecule has 1 aliphatic rings. The Labute approximate surface area is 185 Å². The van der Waals surface area contributed by atoms with E-state index in [1.54, 1.807) is 37.3 Å². The smallest absolute Gasteiger partial charge is 0.254 e. The van der Waals surface area contributed by atoms with Crippen molar-refractivity contribution in [2.75, 3.05) is 20.8 Å². The van der Waals surface area contributed by atoms with Crippen molar-refractivity contribution in [3.05, 3.63) is 69.7 Å². The Morgan fingerprint density at radius 1 is 1.17 bits per heavy atom. The Balaban J connectivity index is 1.53. The number of thiazole rings is 1. The standard InChI is InChI=1S/C23H24N2O3S2/c1-15-13-29-23(24-15)30-14-17-6-4-5-7-19(17)22(26)25-9-8-16-10-20(27-2)21(28-3)11-18(16)12-25/h4-7,10-11,13H,8-9,12,14H2,1-3H3. The quantitative estimate of drug-likeness (QED) is 0.507. The van der Waals surface area contributed by atoms with Crippen LogP contribution < -0.4 is 9.47 Å². The second-order valence-corrected chi connectivity index (χ2v) is 9.23. The number of thioether (sulfide) groups is 1. The van der Waals surface area contributed by atoms with E-state index in [1.807, 2.05) is 53.6 Å². The van der Waals surface area contributed by atoms with E-state index < -0.39 is 0 Å². The molecule has 1 aromatic heterocycles. The predicted molar refractivity (Wildman–Crippen MR) is 121 cm³/mol. The number of benzene rings is 2. The van der Waals surface area contributed by atoms with Crippen LogP contribution in [0.3, 0.4) is 0 Å². The molecule has 0 bridgehead atoms. The van der Waals surface area contributed by atoms with Gasteiger partial charge in [-0.25, -0.2) is 4.98 Å². The van der Waals surface area contributed by atoms with E-state index in [2.05, 4.69) is 4.98 Å². The minimum Gasteiger partial charge on any atom is -0.493 e. The van der Waals surface area contributed by atoms with Crippen molar-refractivity contribution in [2.24, 2.45) is 0 Å². The van der Waals surface area contributed by atoms with Crippen LogP contribution >= 0.6 is 23.1 Å². The molecule has 2 aromatic carbocycles. The lowest BCUT2D eigenvalue weighted by atomic mass is 9.97. The molecular weight excluding hydrogens is 416 g/mol. The topological polar surface area (TPSA) is 51.7 Å². The van der Waals surface area contributed by atoms with Crippen LogP contribution in [0.15, 0.2) is 46.1 Å². The van der Waals surface area contributed by atoms with Gasteiger partial charge < -0.3 is 14.4 Å². The van der Waals surface area contributed by atoms with E-state index in [0.717, 1.165) is 44.6 Å². The lowest BCUT2D eigenvalue weighted by molar-refractivity contribution is 0.0733. The van der Waals surface area contributed by atoms with E-state index >= 15 is 0 Å². The van der Waals surface area contributed by atoms with Crippen LogP contribution in [0.1, 0.15) is 32.7 Å². The third kappa shape index (κ3) is 4.32. The van der Waals surface area contributed by atoms with Crippen molar-refractivity contribution >= 4 is 29.0 Å². The summed E-state index contributed by atoms with van der Waals surface area (Å²) in [7, 11) is 3.28. The molecule has 156 valence electrons. The van der Waals surface area contributed by atoms with E-state index in [4.69, 9.17) is 9.47 Å². The summed E-state index contributed by atoms with van der Waals surface area (Å²) in [5.74, 6) is 2.23. The van der Waals surface area contributed by atoms with Gasteiger partial charge in [0.25, 0.3) is 5.91 Å². The van der Waals surface area contributed by atoms with E-state index in [-0.39, 0.29) is 5.91 Å². The maximum absolute atomic E-state index is 13.4. The van der Waals surface area contributed by atoms with Gasteiger partial charge in [-0.05, 0) is 48.2 Å². The third-order valence-corrected chi connectivity index (χ3v) is 7.39.